The summed E-state index contributed by atoms with van der Waals surface area (Å²) in [4.78, 5) is 0. The molecule has 0 spiro atoms. The molecule has 1 aliphatic rings. The van der Waals surface area contributed by atoms with Gasteiger partial charge in [0, 0.05) is 5.41 Å². The highest BCUT2D eigenvalue weighted by Gasteiger charge is 2.40. The number of aliphatic hydroxyl groups is 1. The number of benzene rings is 1. The normalized spacial score (nSPS) is 20.6. The molecule has 1 saturated carbocycles. The first-order chi connectivity index (χ1) is 9.44. The molecule has 1 aliphatic carbocycles. The third-order valence-corrected chi connectivity index (χ3v) is 4.90. The number of aliphatic hydroxyl groups excluding tert-OH is 1. The first-order valence-corrected chi connectivity index (χ1v) is 8.18. The van der Waals surface area contributed by atoms with E-state index in [4.69, 9.17) is 0 Å². The van der Waals surface area contributed by atoms with Gasteiger partial charge >= 0.3 is 0 Å². The van der Waals surface area contributed by atoms with Crippen molar-refractivity contribution in [2.75, 3.05) is 0 Å². The van der Waals surface area contributed by atoms with Crippen LogP contribution in [0.15, 0.2) is 30.3 Å². The van der Waals surface area contributed by atoms with Gasteiger partial charge in [-0.3, -0.25) is 0 Å². The molecule has 0 bridgehead atoms. The van der Waals surface area contributed by atoms with Gasteiger partial charge in [-0.25, -0.2) is 0 Å². The molecule has 1 unspecified atom stereocenters. The van der Waals surface area contributed by atoms with E-state index in [2.05, 4.69) is 51.1 Å². The lowest BCUT2D eigenvalue weighted by atomic mass is 9.64. The smallest absolute Gasteiger partial charge is 0.0637 e. The Morgan fingerprint density at radius 2 is 1.65 bits per heavy atom. The third kappa shape index (κ3) is 3.63. The zero-order valence-electron chi connectivity index (χ0n) is 13.4. The Morgan fingerprint density at radius 3 is 2.20 bits per heavy atom. The second-order valence-corrected chi connectivity index (χ2v) is 7.70. The van der Waals surface area contributed by atoms with Crippen LogP contribution in [0.1, 0.15) is 71.3 Å². The second kappa shape index (κ2) is 6.30. The summed E-state index contributed by atoms with van der Waals surface area (Å²) in [6.07, 6.45) is 7.90. The van der Waals surface area contributed by atoms with Gasteiger partial charge in [0.1, 0.15) is 0 Å². The van der Waals surface area contributed by atoms with E-state index in [-0.39, 0.29) is 11.5 Å². The molecule has 1 N–H and O–H groups in total. The monoisotopic (exact) mass is 274 g/mol. The number of hydrogen-bond donors (Lipinski definition) is 1. The highest BCUT2D eigenvalue weighted by molar-refractivity contribution is 5.27. The maximum Gasteiger partial charge on any atom is 0.0637 e. The average molecular weight is 274 g/mol. The van der Waals surface area contributed by atoms with E-state index < -0.39 is 0 Å². The van der Waals surface area contributed by atoms with E-state index in [0.29, 0.717) is 5.41 Å². The highest BCUT2D eigenvalue weighted by atomic mass is 16.3. The molecule has 0 aromatic heterocycles. The minimum absolute atomic E-state index is 0.00472. The van der Waals surface area contributed by atoms with Gasteiger partial charge < -0.3 is 5.11 Å². The molecular formula is C19H30O. The second-order valence-electron chi connectivity index (χ2n) is 7.70. The predicted octanol–water partition coefficient (Wildman–Crippen LogP) is 5.08. The van der Waals surface area contributed by atoms with Gasteiger partial charge in [0.25, 0.3) is 0 Å². The molecule has 20 heavy (non-hydrogen) atoms. The lowest BCUT2D eigenvalue weighted by molar-refractivity contribution is 0.0383. The van der Waals surface area contributed by atoms with Crippen molar-refractivity contribution in [2.24, 2.45) is 5.41 Å². The first kappa shape index (κ1) is 15.6. The molecule has 0 radical (unpaired) electrons. The molecule has 2 rings (SSSR count). The summed E-state index contributed by atoms with van der Waals surface area (Å²) in [5, 5.41) is 10.9. The fourth-order valence-corrected chi connectivity index (χ4v) is 3.61. The number of hydrogen-bond acceptors (Lipinski definition) is 1. The van der Waals surface area contributed by atoms with Crippen LogP contribution in [0.4, 0.5) is 0 Å². The van der Waals surface area contributed by atoms with Crippen molar-refractivity contribution >= 4 is 0 Å². The Hall–Kier alpha value is -0.820. The minimum Gasteiger partial charge on any atom is -0.392 e. The predicted molar refractivity (Wildman–Crippen MR) is 85.9 cm³/mol. The quantitative estimate of drug-likeness (QED) is 0.812. The van der Waals surface area contributed by atoms with E-state index in [1.165, 1.54) is 24.8 Å². The summed E-state index contributed by atoms with van der Waals surface area (Å²) >= 11 is 0. The van der Waals surface area contributed by atoms with Crippen molar-refractivity contribution in [2.45, 2.75) is 77.2 Å². The van der Waals surface area contributed by atoms with Crippen LogP contribution in [0.5, 0.6) is 0 Å². The Labute approximate surface area is 124 Å². The maximum atomic E-state index is 10.9. The fourth-order valence-electron chi connectivity index (χ4n) is 3.61. The van der Waals surface area contributed by atoms with Gasteiger partial charge in [0.05, 0.1) is 6.10 Å². The summed E-state index contributed by atoms with van der Waals surface area (Å²) in [5.74, 6) is 0. The lowest BCUT2D eigenvalue weighted by Gasteiger charge is -2.42. The average Bonchev–Trinajstić information content (AvgIpc) is 2.45. The van der Waals surface area contributed by atoms with Crippen LogP contribution in [0.25, 0.3) is 0 Å². The third-order valence-electron chi connectivity index (χ3n) is 4.90. The number of rotatable bonds is 4. The van der Waals surface area contributed by atoms with Gasteiger partial charge in [-0.1, -0.05) is 70.4 Å². The molecule has 0 heterocycles. The Balaban J connectivity index is 2.19. The van der Waals surface area contributed by atoms with E-state index in [0.717, 1.165) is 25.7 Å². The molecule has 1 heteroatoms. The van der Waals surface area contributed by atoms with Gasteiger partial charge in [-0.2, -0.15) is 0 Å². The SMILES string of the molecule is CC(C)(C)CCC(O)C1(c2ccccc2)CCCCC1. The van der Waals surface area contributed by atoms with E-state index in [9.17, 15) is 5.11 Å². The van der Waals surface area contributed by atoms with Crippen molar-refractivity contribution in [1.29, 1.82) is 0 Å². The maximum absolute atomic E-state index is 10.9. The topological polar surface area (TPSA) is 20.2 Å². The summed E-state index contributed by atoms with van der Waals surface area (Å²) < 4.78 is 0. The molecule has 0 saturated heterocycles. The molecule has 1 aromatic rings. The van der Waals surface area contributed by atoms with Crippen molar-refractivity contribution in [3.8, 4) is 0 Å². The summed E-state index contributed by atoms with van der Waals surface area (Å²) in [7, 11) is 0. The van der Waals surface area contributed by atoms with Crippen molar-refractivity contribution in [3.63, 3.8) is 0 Å². The van der Waals surface area contributed by atoms with Crippen LogP contribution in [0, 0.1) is 5.41 Å². The lowest BCUT2D eigenvalue weighted by Crippen LogP contribution is -2.41. The molecular weight excluding hydrogens is 244 g/mol. The Morgan fingerprint density at radius 1 is 1.05 bits per heavy atom. The van der Waals surface area contributed by atoms with E-state index >= 15 is 0 Å². The minimum atomic E-state index is -0.204. The van der Waals surface area contributed by atoms with Gasteiger partial charge in [0.15, 0.2) is 0 Å². The zero-order valence-corrected chi connectivity index (χ0v) is 13.4. The molecule has 0 aliphatic heterocycles. The first-order valence-electron chi connectivity index (χ1n) is 8.18. The van der Waals surface area contributed by atoms with Crippen LogP contribution in [-0.2, 0) is 5.41 Å². The molecule has 1 nitrogen and oxygen atoms in total. The van der Waals surface area contributed by atoms with Crippen LogP contribution in [0.2, 0.25) is 0 Å². The Kier molecular flexibility index (Phi) is 4.90. The van der Waals surface area contributed by atoms with Crippen molar-refractivity contribution < 1.29 is 5.11 Å². The summed E-state index contributed by atoms with van der Waals surface area (Å²) in [5.41, 5.74) is 1.65. The molecule has 1 fully saturated rings. The van der Waals surface area contributed by atoms with Crippen LogP contribution >= 0.6 is 0 Å². The zero-order chi connectivity index (χ0) is 14.6. The van der Waals surface area contributed by atoms with E-state index in [1.54, 1.807) is 0 Å². The highest BCUT2D eigenvalue weighted by Crippen LogP contribution is 2.44. The van der Waals surface area contributed by atoms with E-state index in [1.807, 2.05) is 0 Å². The van der Waals surface area contributed by atoms with Gasteiger partial charge in [-0.15, -0.1) is 0 Å². The van der Waals surface area contributed by atoms with Crippen LogP contribution in [-0.4, -0.2) is 11.2 Å². The standard InChI is InChI=1S/C19H30O/c1-18(2,3)15-12-17(20)19(13-8-5-9-14-19)16-10-6-4-7-11-16/h4,6-7,10-11,17,20H,5,8-9,12-15H2,1-3H3. The molecule has 1 atom stereocenters. The van der Waals surface area contributed by atoms with Crippen molar-refractivity contribution in [3.05, 3.63) is 35.9 Å². The largest absolute Gasteiger partial charge is 0.392 e. The van der Waals surface area contributed by atoms with Gasteiger partial charge in [-0.05, 0) is 36.7 Å². The Bertz CT molecular complexity index is 396. The fraction of sp³-hybridized carbons (Fsp3) is 0.684. The van der Waals surface area contributed by atoms with Crippen molar-refractivity contribution in [1.82, 2.24) is 0 Å². The van der Waals surface area contributed by atoms with Crippen LogP contribution < -0.4 is 0 Å². The summed E-state index contributed by atoms with van der Waals surface area (Å²) in [6.45, 7) is 6.78. The molecule has 0 amide bonds. The molecule has 1 aromatic carbocycles. The van der Waals surface area contributed by atoms with Gasteiger partial charge in [0.2, 0.25) is 0 Å². The summed E-state index contributed by atoms with van der Waals surface area (Å²) in [6, 6.07) is 10.7. The van der Waals surface area contributed by atoms with Crippen LogP contribution in [0.3, 0.4) is 0 Å². The molecule has 112 valence electrons.